The lowest BCUT2D eigenvalue weighted by Gasteiger charge is -2.10. The Labute approximate surface area is 131 Å². The highest BCUT2D eigenvalue weighted by atomic mass is 79.9. The highest BCUT2D eigenvalue weighted by Gasteiger charge is 2.29. The minimum absolute atomic E-state index is 0.119. The van der Waals surface area contributed by atoms with Crippen molar-refractivity contribution in [3.05, 3.63) is 35.4 Å². The van der Waals surface area contributed by atoms with Crippen LogP contribution in [0.15, 0.2) is 29.2 Å². The Morgan fingerprint density at radius 3 is 2.48 bits per heavy atom. The van der Waals surface area contributed by atoms with Crippen LogP contribution in [0.25, 0.3) is 6.08 Å². The zero-order valence-electron chi connectivity index (χ0n) is 10.6. The Bertz CT molecular complexity index is 583. The Balaban J connectivity index is 3.26. The number of ketones is 1. The van der Waals surface area contributed by atoms with Crippen molar-refractivity contribution >= 4 is 45.5 Å². The molecule has 0 radical (unpaired) electrons. The van der Waals surface area contributed by atoms with E-state index in [2.05, 4.69) is 15.9 Å². The van der Waals surface area contributed by atoms with Gasteiger partial charge >= 0.3 is 11.5 Å². The summed E-state index contributed by atoms with van der Waals surface area (Å²) in [6.45, 7) is 1.57. The van der Waals surface area contributed by atoms with Crippen molar-refractivity contribution in [2.24, 2.45) is 0 Å². The van der Waals surface area contributed by atoms with E-state index in [9.17, 15) is 22.8 Å². The molecule has 1 atom stereocenters. The van der Waals surface area contributed by atoms with E-state index in [1.54, 1.807) is 6.92 Å². The fourth-order valence-corrected chi connectivity index (χ4v) is 2.31. The summed E-state index contributed by atoms with van der Waals surface area (Å²) in [5.41, 5.74) is -4.17. The minimum atomic E-state index is -4.46. The number of halogens is 4. The van der Waals surface area contributed by atoms with Crippen molar-refractivity contribution in [1.82, 2.24) is 0 Å². The standard InChI is InChI=1S/C13H10BrF3O3S/c1-7(14)12(20)10-4-3-9(21-13(15,16)17)6-8(10)2-5-11(18)19/h2-7H,1H3,(H,18,19). The summed E-state index contributed by atoms with van der Waals surface area (Å²) < 4.78 is 37.1. The van der Waals surface area contributed by atoms with E-state index in [1.807, 2.05) is 0 Å². The third-order valence-corrected chi connectivity index (χ3v) is 3.43. The van der Waals surface area contributed by atoms with Crippen LogP contribution in [0.4, 0.5) is 13.2 Å². The fourth-order valence-electron chi connectivity index (χ4n) is 1.48. The maximum Gasteiger partial charge on any atom is 0.446 e. The summed E-state index contributed by atoms with van der Waals surface area (Å²) in [4.78, 5) is 21.8. The molecule has 1 unspecified atom stereocenters. The highest BCUT2D eigenvalue weighted by Crippen LogP contribution is 2.37. The zero-order chi connectivity index (χ0) is 16.2. The number of hydrogen-bond acceptors (Lipinski definition) is 3. The number of carbonyl (C=O) groups excluding carboxylic acids is 1. The number of alkyl halides is 4. The van der Waals surface area contributed by atoms with Crippen LogP contribution in [0.2, 0.25) is 0 Å². The molecule has 0 aliphatic heterocycles. The number of carboxylic acid groups (broad SMARTS) is 1. The Morgan fingerprint density at radius 1 is 1.38 bits per heavy atom. The van der Waals surface area contributed by atoms with E-state index in [4.69, 9.17) is 5.11 Å². The largest absolute Gasteiger partial charge is 0.478 e. The minimum Gasteiger partial charge on any atom is -0.478 e. The first-order valence-electron chi connectivity index (χ1n) is 5.59. The number of rotatable bonds is 5. The molecule has 0 saturated heterocycles. The van der Waals surface area contributed by atoms with Crippen LogP contribution in [0.3, 0.4) is 0 Å². The van der Waals surface area contributed by atoms with Gasteiger partial charge in [-0.05, 0) is 48.5 Å². The Hall–Kier alpha value is -1.28. The molecule has 1 aromatic rings. The molecule has 0 fully saturated rings. The van der Waals surface area contributed by atoms with Gasteiger partial charge in [-0.25, -0.2) is 4.79 Å². The topological polar surface area (TPSA) is 54.4 Å². The van der Waals surface area contributed by atoms with Gasteiger partial charge in [0.2, 0.25) is 0 Å². The first kappa shape index (κ1) is 17.8. The lowest BCUT2D eigenvalue weighted by Crippen LogP contribution is -2.12. The summed E-state index contributed by atoms with van der Waals surface area (Å²) in [6, 6.07) is 3.58. The molecular weight excluding hydrogens is 373 g/mol. The Morgan fingerprint density at radius 2 is 2.00 bits per heavy atom. The highest BCUT2D eigenvalue weighted by molar-refractivity contribution is 9.10. The molecule has 0 amide bonds. The molecule has 21 heavy (non-hydrogen) atoms. The van der Waals surface area contributed by atoms with Crippen molar-refractivity contribution in [1.29, 1.82) is 0 Å². The van der Waals surface area contributed by atoms with Gasteiger partial charge in [0.1, 0.15) is 0 Å². The number of carboxylic acids is 1. The first-order valence-corrected chi connectivity index (χ1v) is 7.32. The third-order valence-electron chi connectivity index (χ3n) is 2.29. The molecule has 0 aromatic heterocycles. The molecule has 1 rings (SSSR count). The summed E-state index contributed by atoms with van der Waals surface area (Å²) in [5.74, 6) is -1.60. The Kier molecular flexibility index (Phi) is 6.03. The third kappa shape index (κ3) is 5.92. The van der Waals surface area contributed by atoms with Crippen LogP contribution in [0, 0.1) is 0 Å². The smallest absolute Gasteiger partial charge is 0.446 e. The number of hydrogen-bond donors (Lipinski definition) is 1. The number of Topliss-reactive ketones (excluding diaryl/α,β-unsaturated/α-hetero) is 1. The normalized spacial score (nSPS) is 13.4. The SMILES string of the molecule is CC(Br)C(=O)c1ccc(SC(F)(F)F)cc1C=CC(=O)O. The second-order valence-corrected chi connectivity index (χ2v) is 6.46. The first-order chi connectivity index (χ1) is 9.60. The van der Waals surface area contributed by atoms with E-state index >= 15 is 0 Å². The number of aliphatic carboxylic acids is 1. The molecule has 8 heteroatoms. The maximum atomic E-state index is 12.4. The van der Waals surface area contributed by atoms with E-state index in [0.29, 0.717) is 0 Å². The van der Waals surface area contributed by atoms with E-state index in [-0.39, 0.29) is 33.6 Å². The van der Waals surface area contributed by atoms with Crippen LogP contribution in [-0.4, -0.2) is 27.2 Å². The van der Waals surface area contributed by atoms with Crippen molar-refractivity contribution in [2.75, 3.05) is 0 Å². The fraction of sp³-hybridized carbons (Fsp3) is 0.231. The van der Waals surface area contributed by atoms with Gasteiger partial charge in [-0.2, -0.15) is 13.2 Å². The van der Waals surface area contributed by atoms with E-state index in [1.165, 1.54) is 12.1 Å². The molecule has 0 aliphatic carbocycles. The average molecular weight is 383 g/mol. The van der Waals surface area contributed by atoms with Crippen LogP contribution in [0.1, 0.15) is 22.8 Å². The van der Waals surface area contributed by atoms with Gasteiger partial charge < -0.3 is 5.11 Å². The van der Waals surface area contributed by atoms with Crippen molar-refractivity contribution in [3.63, 3.8) is 0 Å². The molecular formula is C13H10BrF3O3S. The monoisotopic (exact) mass is 382 g/mol. The average Bonchev–Trinajstić information content (AvgIpc) is 2.33. The van der Waals surface area contributed by atoms with Crippen molar-refractivity contribution < 1.29 is 27.9 Å². The zero-order valence-corrected chi connectivity index (χ0v) is 13.1. The van der Waals surface area contributed by atoms with Crippen molar-refractivity contribution in [2.45, 2.75) is 22.2 Å². The molecule has 1 aromatic carbocycles. The van der Waals surface area contributed by atoms with Gasteiger partial charge in [-0.3, -0.25) is 4.79 Å². The molecule has 0 aliphatic rings. The van der Waals surface area contributed by atoms with E-state index < -0.39 is 16.3 Å². The summed E-state index contributed by atoms with van der Waals surface area (Å²) in [5, 5.41) is 8.60. The predicted octanol–water partition coefficient (Wildman–Crippen LogP) is 4.36. The van der Waals surface area contributed by atoms with Gasteiger partial charge in [-0.15, -0.1) is 0 Å². The molecule has 1 N–H and O–H groups in total. The number of thioether (sulfide) groups is 1. The van der Waals surface area contributed by atoms with Crippen LogP contribution >= 0.6 is 27.7 Å². The van der Waals surface area contributed by atoms with Crippen LogP contribution in [-0.2, 0) is 4.79 Å². The van der Waals surface area contributed by atoms with E-state index in [0.717, 1.165) is 18.2 Å². The van der Waals surface area contributed by atoms with Gasteiger partial charge in [0.25, 0.3) is 0 Å². The second kappa shape index (κ2) is 7.13. The summed E-state index contributed by atoms with van der Waals surface area (Å²) in [7, 11) is 0. The quantitative estimate of drug-likeness (QED) is 0.355. The predicted molar refractivity (Wildman–Crippen MR) is 77.7 cm³/mol. The molecule has 0 heterocycles. The van der Waals surface area contributed by atoms with Gasteiger partial charge in [-0.1, -0.05) is 15.9 Å². The lowest BCUT2D eigenvalue weighted by atomic mass is 10.0. The van der Waals surface area contributed by atoms with Gasteiger partial charge in [0.15, 0.2) is 5.78 Å². The molecule has 3 nitrogen and oxygen atoms in total. The number of carbonyl (C=O) groups is 2. The molecule has 114 valence electrons. The molecule has 0 spiro atoms. The van der Waals surface area contributed by atoms with Crippen LogP contribution in [0.5, 0.6) is 0 Å². The van der Waals surface area contributed by atoms with Gasteiger partial charge in [0.05, 0.1) is 4.83 Å². The molecule has 0 saturated carbocycles. The summed E-state index contributed by atoms with van der Waals surface area (Å²) in [6.07, 6.45) is 1.87. The number of benzene rings is 1. The summed E-state index contributed by atoms with van der Waals surface area (Å²) >= 11 is 2.76. The molecule has 0 bridgehead atoms. The van der Waals surface area contributed by atoms with Gasteiger partial charge in [0, 0.05) is 16.5 Å². The second-order valence-electron chi connectivity index (χ2n) is 3.95. The van der Waals surface area contributed by atoms with Crippen LogP contribution < -0.4 is 0 Å². The van der Waals surface area contributed by atoms with Crippen molar-refractivity contribution in [3.8, 4) is 0 Å². The maximum absolute atomic E-state index is 12.4. The lowest BCUT2D eigenvalue weighted by molar-refractivity contribution is -0.131.